The second-order valence-corrected chi connectivity index (χ2v) is 6.49. The third-order valence-electron chi connectivity index (χ3n) is 3.74. The predicted molar refractivity (Wildman–Crippen MR) is 73.2 cm³/mol. The highest BCUT2D eigenvalue weighted by atomic mass is 19.4. The summed E-state index contributed by atoms with van der Waals surface area (Å²) in [5.41, 5.74) is -0.880. The van der Waals surface area contributed by atoms with Crippen LogP contribution in [-0.4, -0.2) is 39.4 Å². The molecule has 1 fully saturated rings. The van der Waals surface area contributed by atoms with Crippen molar-refractivity contribution in [2.24, 2.45) is 7.05 Å². The van der Waals surface area contributed by atoms with Crippen LogP contribution in [0.4, 0.5) is 13.2 Å². The van der Waals surface area contributed by atoms with Gasteiger partial charge in [0.05, 0.1) is 0 Å². The average molecular weight is 305 g/mol. The van der Waals surface area contributed by atoms with E-state index in [4.69, 9.17) is 4.74 Å². The monoisotopic (exact) mass is 305 g/mol. The van der Waals surface area contributed by atoms with E-state index in [-0.39, 0.29) is 17.5 Å². The highest BCUT2D eigenvalue weighted by molar-refractivity contribution is 5.18. The SMILES string of the molecule is Cn1nc(C(F)(F)F)cc1OC1CCCN(C(C)(C)C)C1. The molecule has 1 saturated heterocycles. The Morgan fingerprint density at radius 1 is 1.29 bits per heavy atom. The number of ether oxygens (including phenoxy) is 1. The minimum absolute atomic E-state index is 0.0334. The maximum atomic E-state index is 12.6. The zero-order valence-corrected chi connectivity index (χ0v) is 12.9. The smallest absolute Gasteiger partial charge is 0.435 e. The van der Waals surface area contributed by atoms with Crippen LogP contribution in [0.15, 0.2) is 6.07 Å². The molecule has 1 unspecified atom stereocenters. The molecule has 2 heterocycles. The van der Waals surface area contributed by atoms with Crippen LogP contribution in [0.2, 0.25) is 0 Å². The number of piperidine rings is 1. The molecular formula is C14H22F3N3O. The Morgan fingerprint density at radius 2 is 1.95 bits per heavy atom. The van der Waals surface area contributed by atoms with Crippen LogP contribution >= 0.6 is 0 Å². The molecule has 1 aliphatic heterocycles. The Balaban J connectivity index is 2.06. The van der Waals surface area contributed by atoms with Gasteiger partial charge < -0.3 is 4.74 Å². The van der Waals surface area contributed by atoms with Crippen LogP contribution in [0, 0.1) is 0 Å². The number of nitrogens with zero attached hydrogens (tertiary/aromatic N) is 3. The molecule has 0 N–H and O–H groups in total. The third-order valence-corrected chi connectivity index (χ3v) is 3.74. The highest BCUT2D eigenvalue weighted by Crippen LogP contribution is 2.31. The number of rotatable bonds is 2. The summed E-state index contributed by atoms with van der Waals surface area (Å²) in [5.74, 6) is 0.170. The van der Waals surface area contributed by atoms with Gasteiger partial charge in [-0.2, -0.15) is 18.3 Å². The average Bonchev–Trinajstić information content (AvgIpc) is 2.70. The molecule has 0 bridgehead atoms. The molecule has 1 aliphatic rings. The Hall–Kier alpha value is -1.24. The molecule has 2 rings (SSSR count). The summed E-state index contributed by atoms with van der Waals surface area (Å²) >= 11 is 0. The third kappa shape index (κ3) is 3.90. The molecule has 0 saturated carbocycles. The van der Waals surface area contributed by atoms with Crippen LogP contribution in [-0.2, 0) is 13.2 Å². The van der Waals surface area contributed by atoms with Gasteiger partial charge in [0.1, 0.15) is 6.10 Å². The molecule has 0 radical (unpaired) electrons. The molecule has 120 valence electrons. The summed E-state index contributed by atoms with van der Waals surface area (Å²) in [6, 6.07) is 0.968. The largest absolute Gasteiger partial charge is 0.473 e. The Morgan fingerprint density at radius 3 is 2.48 bits per heavy atom. The first-order valence-corrected chi connectivity index (χ1v) is 7.10. The first-order valence-electron chi connectivity index (χ1n) is 7.10. The van der Waals surface area contributed by atoms with Crippen molar-refractivity contribution in [1.29, 1.82) is 0 Å². The fourth-order valence-electron chi connectivity index (χ4n) is 2.51. The van der Waals surface area contributed by atoms with Gasteiger partial charge in [0.2, 0.25) is 5.88 Å². The highest BCUT2D eigenvalue weighted by Gasteiger charge is 2.36. The maximum Gasteiger partial charge on any atom is 0.435 e. The van der Waals surface area contributed by atoms with E-state index in [0.717, 1.165) is 36.7 Å². The van der Waals surface area contributed by atoms with E-state index in [0.29, 0.717) is 0 Å². The van der Waals surface area contributed by atoms with Crippen molar-refractivity contribution >= 4 is 0 Å². The number of alkyl halides is 3. The molecule has 1 aromatic heterocycles. The van der Waals surface area contributed by atoms with Gasteiger partial charge in [-0.1, -0.05) is 0 Å². The van der Waals surface area contributed by atoms with E-state index in [9.17, 15) is 13.2 Å². The zero-order valence-electron chi connectivity index (χ0n) is 12.9. The molecular weight excluding hydrogens is 283 g/mol. The predicted octanol–water partition coefficient (Wildman–Crippen LogP) is 3.08. The van der Waals surface area contributed by atoms with E-state index in [2.05, 4.69) is 30.8 Å². The van der Waals surface area contributed by atoms with Gasteiger partial charge in [-0.05, 0) is 40.2 Å². The van der Waals surface area contributed by atoms with E-state index < -0.39 is 11.9 Å². The molecule has 1 atom stereocenters. The van der Waals surface area contributed by atoms with Gasteiger partial charge in [0.25, 0.3) is 0 Å². The van der Waals surface area contributed by atoms with Crippen molar-refractivity contribution < 1.29 is 17.9 Å². The topological polar surface area (TPSA) is 30.3 Å². The lowest BCUT2D eigenvalue weighted by atomic mass is 9.99. The van der Waals surface area contributed by atoms with Crippen LogP contribution in [0.5, 0.6) is 5.88 Å². The summed E-state index contributed by atoms with van der Waals surface area (Å²) < 4.78 is 44.8. The van der Waals surface area contributed by atoms with Crippen molar-refractivity contribution in [3.05, 3.63) is 11.8 Å². The lowest BCUT2D eigenvalue weighted by Crippen LogP contribution is -2.50. The standard InChI is InChI=1S/C14H22F3N3O/c1-13(2,3)20-7-5-6-10(9-20)21-12-8-11(14(15,16)17)18-19(12)4/h8,10H,5-7,9H2,1-4H3. The molecule has 4 nitrogen and oxygen atoms in total. The van der Waals surface area contributed by atoms with Gasteiger partial charge in [0, 0.05) is 25.2 Å². The number of halogens is 3. The number of aryl methyl sites for hydroxylation is 1. The fraction of sp³-hybridized carbons (Fsp3) is 0.786. The minimum Gasteiger partial charge on any atom is -0.473 e. The maximum absolute atomic E-state index is 12.6. The summed E-state index contributed by atoms with van der Waals surface area (Å²) in [6.07, 6.45) is -2.72. The number of hydrogen-bond acceptors (Lipinski definition) is 3. The fourth-order valence-corrected chi connectivity index (χ4v) is 2.51. The molecule has 0 aromatic carbocycles. The lowest BCUT2D eigenvalue weighted by Gasteiger charge is -2.41. The summed E-state index contributed by atoms with van der Waals surface area (Å²) in [4.78, 5) is 2.29. The van der Waals surface area contributed by atoms with Crippen LogP contribution in [0.25, 0.3) is 0 Å². The van der Waals surface area contributed by atoms with Gasteiger partial charge in [0.15, 0.2) is 5.69 Å². The van der Waals surface area contributed by atoms with Gasteiger partial charge in [-0.3, -0.25) is 4.90 Å². The van der Waals surface area contributed by atoms with Crippen molar-refractivity contribution in [1.82, 2.24) is 14.7 Å². The second-order valence-electron chi connectivity index (χ2n) is 6.49. The summed E-state index contributed by atoms with van der Waals surface area (Å²) in [6.45, 7) is 8.09. The number of hydrogen-bond donors (Lipinski definition) is 0. The Labute approximate surface area is 122 Å². The zero-order chi connectivity index (χ0) is 15.8. The van der Waals surface area contributed by atoms with Crippen molar-refractivity contribution in [3.8, 4) is 5.88 Å². The van der Waals surface area contributed by atoms with Gasteiger partial charge >= 0.3 is 6.18 Å². The molecule has 0 aliphatic carbocycles. The lowest BCUT2D eigenvalue weighted by molar-refractivity contribution is -0.141. The van der Waals surface area contributed by atoms with Crippen molar-refractivity contribution in [2.75, 3.05) is 13.1 Å². The van der Waals surface area contributed by atoms with Gasteiger partial charge in [-0.25, -0.2) is 4.68 Å². The number of likely N-dealkylation sites (tertiary alicyclic amines) is 1. The normalized spacial score (nSPS) is 21.6. The summed E-state index contributed by atoms with van der Waals surface area (Å²) in [5, 5.41) is 3.47. The van der Waals surface area contributed by atoms with E-state index in [1.54, 1.807) is 0 Å². The summed E-state index contributed by atoms with van der Waals surface area (Å²) in [7, 11) is 1.47. The van der Waals surface area contributed by atoms with Crippen molar-refractivity contribution in [2.45, 2.75) is 51.4 Å². The molecule has 1 aromatic rings. The first-order chi connectivity index (χ1) is 9.57. The van der Waals surface area contributed by atoms with Crippen LogP contribution in [0.1, 0.15) is 39.3 Å². The molecule has 0 amide bonds. The number of aromatic nitrogens is 2. The molecule has 21 heavy (non-hydrogen) atoms. The minimum atomic E-state index is -4.44. The molecule has 0 spiro atoms. The quantitative estimate of drug-likeness (QED) is 0.841. The van der Waals surface area contributed by atoms with Gasteiger partial charge in [-0.15, -0.1) is 0 Å². The molecule has 7 heteroatoms. The van der Waals surface area contributed by atoms with Crippen molar-refractivity contribution in [3.63, 3.8) is 0 Å². The Kier molecular flexibility index (Phi) is 4.24. The van der Waals surface area contributed by atoms with E-state index in [1.165, 1.54) is 7.05 Å². The Bertz CT molecular complexity index is 491. The van der Waals surface area contributed by atoms with E-state index in [1.807, 2.05) is 0 Å². The van der Waals surface area contributed by atoms with E-state index >= 15 is 0 Å². The van der Waals surface area contributed by atoms with Crippen LogP contribution in [0.3, 0.4) is 0 Å². The first kappa shape index (κ1) is 16.1. The second kappa shape index (κ2) is 5.51. The van der Waals surface area contributed by atoms with Crippen LogP contribution < -0.4 is 4.74 Å².